The number of piperidine rings is 1. The minimum absolute atomic E-state index is 0.0115. The molecular formula is C16H21NO2. The summed E-state index contributed by atoms with van der Waals surface area (Å²) in [5.74, 6) is -0.0602. The topological polar surface area (TPSA) is 29.5 Å². The van der Waals surface area contributed by atoms with Gasteiger partial charge in [-0.25, -0.2) is 0 Å². The Bertz CT molecular complexity index is 416. The maximum atomic E-state index is 12.0. The fourth-order valence-corrected chi connectivity index (χ4v) is 2.44. The molecule has 1 aromatic rings. The molecule has 0 spiro atoms. The molecule has 1 heterocycles. The number of rotatable bonds is 5. The summed E-state index contributed by atoms with van der Waals surface area (Å²) in [7, 11) is 0. The molecule has 1 atom stereocenters. The normalized spacial score (nSPS) is 19.9. The van der Waals surface area contributed by atoms with Crippen LogP contribution in [0.15, 0.2) is 43.0 Å². The molecule has 1 fully saturated rings. The minimum Gasteiger partial charge on any atom is -0.461 e. The number of nitrogens with zero attached hydrogens (tertiary/aromatic N) is 1. The monoisotopic (exact) mass is 259 g/mol. The Morgan fingerprint density at radius 1 is 1.42 bits per heavy atom. The summed E-state index contributed by atoms with van der Waals surface area (Å²) in [6, 6.07) is 9.81. The minimum atomic E-state index is -0.0717. The highest BCUT2D eigenvalue weighted by Gasteiger charge is 2.26. The number of esters is 1. The van der Waals surface area contributed by atoms with Crippen molar-refractivity contribution in [2.45, 2.75) is 19.4 Å². The van der Waals surface area contributed by atoms with Crippen molar-refractivity contribution in [1.82, 2.24) is 4.90 Å². The number of benzene rings is 1. The van der Waals surface area contributed by atoms with Gasteiger partial charge in [0.05, 0.1) is 5.92 Å². The van der Waals surface area contributed by atoms with Crippen LogP contribution >= 0.6 is 0 Å². The Hall–Kier alpha value is -1.61. The second kappa shape index (κ2) is 7.10. The Labute approximate surface area is 114 Å². The third-order valence-electron chi connectivity index (χ3n) is 3.45. The molecule has 1 aliphatic rings. The van der Waals surface area contributed by atoms with Gasteiger partial charge in [-0.1, -0.05) is 36.4 Å². The zero-order chi connectivity index (χ0) is 13.5. The van der Waals surface area contributed by atoms with E-state index in [1.54, 1.807) is 0 Å². The van der Waals surface area contributed by atoms with Crippen molar-refractivity contribution in [3.63, 3.8) is 0 Å². The molecule has 3 heteroatoms. The Morgan fingerprint density at radius 3 is 2.95 bits per heavy atom. The van der Waals surface area contributed by atoms with Gasteiger partial charge in [0, 0.05) is 13.1 Å². The van der Waals surface area contributed by atoms with E-state index in [0.29, 0.717) is 6.61 Å². The van der Waals surface area contributed by atoms with Crippen LogP contribution in [0.25, 0.3) is 0 Å². The number of ether oxygens (including phenoxy) is 1. The molecule has 0 radical (unpaired) electrons. The highest BCUT2D eigenvalue weighted by molar-refractivity contribution is 5.72. The summed E-state index contributed by atoms with van der Waals surface area (Å²) in [4.78, 5) is 14.3. The SMILES string of the molecule is C=CCN1CCCC(C(=O)OCc2ccccc2)C1. The van der Waals surface area contributed by atoms with Gasteiger partial charge in [-0.15, -0.1) is 6.58 Å². The van der Waals surface area contributed by atoms with Crippen molar-refractivity contribution in [2.24, 2.45) is 5.92 Å². The number of carbonyl (C=O) groups is 1. The van der Waals surface area contributed by atoms with Crippen LogP contribution in [0, 0.1) is 5.92 Å². The Morgan fingerprint density at radius 2 is 2.21 bits per heavy atom. The number of hydrogen-bond donors (Lipinski definition) is 0. The molecule has 1 unspecified atom stereocenters. The first-order valence-electron chi connectivity index (χ1n) is 6.83. The average molecular weight is 259 g/mol. The fraction of sp³-hybridized carbons (Fsp3) is 0.438. The summed E-state index contributed by atoms with van der Waals surface area (Å²) in [5, 5.41) is 0. The van der Waals surface area contributed by atoms with Gasteiger partial charge in [0.2, 0.25) is 0 Å². The van der Waals surface area contributed by atoms with Gasteiger partial charge in [0.1, 0.15) is 6.61 Å². The lowest BCUT2D eigenvalue weighted by Gasteiger charge is -2.30. The van der Waals surface area contributed by atoms with Crippen molar-refractivity contribution in [2.75, 3.05) is 19.6 Å². The van der Waals surface area contributed by atoms with E-state index >= 15 is 0 Å². The molecule has 1 saturated heterocycles. The van der Waals surface area contributed by atoms with Crippen LogP contribution < -0.4 is 0 Å². The highest BCUT2D eigenvalue weighted by Crippen LogP contribution is 2.18. The molecule has 1 aliphatic heterocycles. The molecule has 0 amide bonds. The zero-order valence-corrected chi connectivity index (χ0v) is 11.3. The molecule has 0 aromatic heterocycles. The smallest absolute Gasteiger partial charge is 0.310 e. The van der Waals surface area contributed by atoms with Gasteiger partial charge in [0.25, 0.3) is 0 Å². The molecule has 2 rings (SSSR count). The van der Waals surface area contributed by atoms with E-state index in [4.69, 9.17) is 4.74 Å². The van der Waals surface area contributed by atoms with E-state index in [1.165, 1.54) is 0 Å². The van der Waals surface area contributed by atoms with Gasteiger partial charge in [-0.3, -0.25) is 9.69 Å². The quantitative estimate of drug-likeness (QED) is 0.601. The molecule has 3 nitrogen and oxygen atoms in total. The van der Waals surface area contributed by atoms with Crippen molar-refractivity contribution in [1.29, 1.82) is 0 Å². The molecule has 0 aliphatic carbocycles. The third kappa shape index (κ3) is 4.21. The lowest BCUT2D eigenvalue weighted by molar-refractivity contribution is -0.151. The summed E-state index contributed by atoms with van der Waals surface area (Å²) in [6.45, 7) is 6.81. The van der Waals surface area contributed by atoms with Crippen LogP contribution in [-0.4, -0.2) is 30.5 Å². The fourth-order valence-electron chi connectivity index (χ4n) is 2.44. The van der Waals surface area contributed by atoms with E-state index in [2.05, 4.69) is 11.5 Å². The number of carbonyl (C=O) groups excluding carboxylic acids is 1. The van der Waals surface area contributed by atoms with Crippen LogP contribution in [0.2, 0.25) is 0 Å². The van der Waals surface area contributed by atoms with E-state index in [-0.39, 0.29) is 11.9 Å². The predicted octanol–water partition coefficient (Wildman–Crippen LogP) is 2.63. The van der Waals surface area contributed by atoms with Crippen LogP contribution in [0.5, 0.6) is 0 Å². The van der Waals surface area contributed by atoms with E-state index in [9.17, 15) is 4.79 Å². The summed E-state index contributed by atoms with van der Waals surface area (Å²) >= 11 is 0. The predicted molar refractivity (Wildman–Crippen MR) is 75.6 cm³/mol. The average Bonchev–Trinajstić information content (AvgIpc) is 2.46. The van der Waals surface area contributed by atoms with E-state index < -0.39 is 0 Å². The van der Waals surface area contributed by atoms with Gasteiger partial charge in [-0.05, 0) is 24.9 Å². The van der Waals surface area contributed by atoms with Crippen LogP contribution in [0.1, 0.15) is 18.4 Å². The van der Waals surface area contributed by atoms with Crippen LogP contribution in [0.3, 0.4) is 0 Å². The molecule has 1 aromatic carbocycles. The van der Waals surface area contributed by atoms with Gasteiger partial charge < -0.3 is 4.74 Å². The van der Waals surface area contributed by atoms with E-state index in [1.807, 2.05) is 36.4 Å². The zero-order valence-electron chi connectivity index (χ0n) is 11.3. The summed E-state index contributed by atoms with van der Waals surface area (Å²) in [6.07, 6.45) is 3.87. The number of likely N-dealkylation sites (tertiary alicyclic amines) is 1. The first-order chi connectivity index (χ1) is 9.29. The van der Waals surface area contributed by atoms with Crippen molar-refractivity contribution >= 4 is 5.97 Å². The highest BCUT2D eigenvalue weighted by atomic mass is 16.5. The first kappa shape index (κ1) is 13.8. The van der Waals surface area contributed by atoms with Crippen molar-refractivity contribution < 1.29 is 9.53 Å². The second-order valence-electron chi connectivity index (χ2n) is 4.98. The lowest BCUT2D eigenvalue weighted by atomic mass is 9.98. The van der Waals surface area contributed by atoms with Gasteiger partial charge in [-0.2, -0.15) is 0 Å². The first-order valence-corrected chi connectivity index (χ1v) is 6.83. The summed E-state index contributed by atoms with van der Waals surface area (Å²) < 4.78 is 5.40. The second-order valence-corrected chi connectivity index (χ2v) is 4.98. The maximum Gasteiger partial charge on any atom is 0.310 e. The molecule has 0 bridgehead atoms. The largest absolute Gasteiger partial charge is 0.461 e. The Kier molecular flexibility index (Phi) is 5.16. The molecule has 0 saturated carbocycles. The third-order valence-corrected chi connectivity index (χ3v) is 3.45. The van der Waals surface area contributed by atoms with Crippen molar-refractivity contribution in [3.05, 3.63) is 48.6 Å². The van der Waals surface area contributed by atoms with Crippen LogP contribution in [-0.2, 0) is 16.1 Å². The van der Waals surface area contributed by atoms with Gasteiger partial charge in [0.15, 0.2) is 0 Å². The molecule has 0 N–H and O–H groups in total. The number of hydrogen-bond acceptors (Lipinski definition) is 3. The lowest BCUT2D eigenvalue weighted by Crippen LogP contribution is -2.39. The summed E-state index contributed by atoms with van der Waals surface area (Å²) in [5.41, 5.74) is 1.04. The standard InChI is InChI=1S/C16H21NO2/c1-2-10-17-11-6-9-15(12-17)16(18)19-13-14-7-4-3-5-8-14/h2-5,7-8,15H,1,6,9-13H2. The molecular weight excluding hydrogens is 238 g/mol. The molecule has 102 valence electrons. The molecule has 19 heavy (non-hydrogen) atoms. The Balaban J connectivity index is 1.81. The van der Waals surface area contributed by atoms with Crippen molar-refractivity contribution in [3.8, 4) is 0 Å². The van der Waals surface area contributed by atoms with Gasteiger partial charge >= 0.3 is 5.97 Å². The van der Waals surface area contributed by atoms with Crippen LogP contribution in [0.4, 0.5) is 0 Å². The van der Waals surface area contributed by atoms with E-state index in [0.717, 1.165) is 38.0 Å². The maximum absolute atomic E-state index is 12.0.